The van der Waals surface area contributed by atoms with E-state index in [-0.39, 0.29) is 27.6 Å². The molecule has 39 heavy (non-hydrogen) atoms. The maximum Gasteiger partial charge on any atom is 0.323 e. The van der Waals surface area contributed by atoms with Gasteiger partial charge < -0.3 is 20.1 Å². The summed E-state index contributed by atoms with van der Waals surface area (Å²) in [5, 5.41) is 8.68. The van der Waals surface area contributed by atoms with Crippen LogP contribution in [-0.4, -0.2) is 39.6 Å². The molecule has 0 saturated carbocycles. The smallest absolute Gasteiger partial charge is 0.323 e. The first-order valence-electron chi connectivity index (χ1n) is 12.8. The number of carbonyl (C=O) groups excluding carboxylic acids is 2. The summed E-state index contributed by atoms with van der Waals surface area (Å²) in [5.41, 5.74) is 2.22. The number of halogens is 1. The average Bonchev–Trinajstić information content (AvgIpc) is 2.85. The van der Waals surface area contributed by atoms with Crippen LogP contribution in [0.2, 0.25) is 0 Å². The fraction of sp³-hybridized carbons (Fsp3) is 0.241. The number of carbonyl (C=O) groups is 2. The molecule has 4 aromatic rings. The van der Waals surface area contributed by atoms with E-state index in [1.165, 1.54) is 12.1 Å². The highest BCUT2D eigenvalue weighted by molar-refractivity contribution is 6.00. The van der Waals surface area contributed by atoms with E-state index in [2.05, 4.69) is 20.9 Å². The van der Waals surface area contributed by atoms with Gasteiger partial charge in [0.05, 0.1) is 11.2 Å². The van der Waals surface area contributed by atoms with Gasteiger partial charge in [-0.3, -0.25) is 10.1 Å². The van der Waals surface area contributed by atoms with Crippen LogP contribution in [-0.2, 0) is 0 Å². The third-order valence-corrected chi connectivity index (χ3v) is 6.70. The van der Waals surface area contributed by atoms with Crippen molar-refractivity contribution in [1.29, 1.82) is 0 Å². The van der Waals surface area contributed by atoms with E-state index in [9.17, 15) is 18.8 Å². The van der Waals surface area contributed by atoms with Gasteiger partial charge in [0.15, 0.2) is 0 Å². The Kier molecular flexibility index (Phi) is 7.02. The summed E-state index contributed by atoms with van der Waals surface area (Å²) in [7, 11) is 0. The second-order valence-electron chi connectivity index (χ2n) is 9.82. The lowest BCUT2D eigenvalue weighted by atomic mass is 9.99. The molecule has 4 amide bonds. The molecule has 2 aromatic carbocycles. The van der Waals surface area contributed by atoms with Gasteiger partial charge in [0, 0.05) is 52.3 Å². The zero-order valence-electron chi connectivity index (χ0n) is 21.9. The number of urea groups is 2. The van der Waals surface area contributed by atoms with Crippen molar-refractivity contribution < 1.29 is 18.3 Å². The minimum Gasteiger partial charge on any atom is -0.324 e. The molecule has 0 unspecified atom stereocenters. The number of nitrogens with zero attached hydrogens (tertiary/aromatic N) is 3. The number of anilines is 3. The van der Waals surface area contributed by atoms with Crippen LogP contribution in [0.3, 0.4) is 0 Å². The van der Waals surface area contributed by atoms with E-state index in [0.29, 0.717) is 52.2 Å². The number of hydrogen-bond acceptors (Lipinski definition) is 4. The number of amides is 4. The predicted octanol–water partition coefficient (Wildman–Crippen LogP) is 6.71. The van der Waals surface area contributed by atoms with Gasteiger partial charge in [-0.15, -0.1) is 0 Å². The summed E-state index contributed by atoms with van der Waals surface area (Å²) in [4.78, 5) is 44.8. The van der Waals surface area contributed by atoms with Crippen molar-refractivity contribution in [3.8, 4) is 11.1 Å². The number of benzene rings is 2. The number of hydrogen-bond donors (Lipinski definition) is 3. The Morgan fingerprint density at radius 2 is 1.74 bits per heavy atom. The third-order valence-electron chi connectivity index (χ3n) is 6.70. The lowest BCUT2D eigenvalue weighted by molar-refractivity contribution is 0.181. The number of rotatable bonds is 5. The molecule has 1 fully saturated rings. The van der Waals surface area contributed by atoms with Gasteiger partial charge in [-0.1, -0.05) is 18.2 Å². The molecule has 0 bridgehead atoms. The Labute approximate surface area is 229 Å². The first-order valence-corrected chi connectivity index (χ1v) is 12.8. The van der Waals surface area contributed by atoms with Crippen molar-refractivity contribution in [2.45, 2.75) is 33.2 Å². The SMILES string of the molecule is Cc1cc(F)c(NC(=O)Nc2ccccc2)cc1-c1cc2cnc(NC(=O)N3CCC3)cc2n(C(C)C)c1=O.[HH].[HH].[HH]. The van der Waals surface area contributed by atoms with Crippen LogP contribution < -0.4 is 21.5 Å². The summed E-state index contributed by atoms with van der Waals surface area (Å²) < 4.78 is 16.5. The number of nitrogens with one attached hydrogen (secondary N) is 3. The molecule has 0 aliphatic carbocycles. The molecule has 0 radical (unpaired) electrons. The summed E-state index contributed by atoms with van der Waals surface area (Å²) in [6.07, 6.45) is 2.58. The van der Waals surface area contributed by atoms with Gasteiger partial charge in [-0.25, -0.2) is 19.0 Å². The molecule has 3 N–H and O–H groups in total. The molecular formula is C29H35FN6O3. The summed E-state index contributed by atoms with van der Waals surface area (Å²) in [5.74, 6) is -0.261. The Bertz CT molecular complexity index is 1650. The molecule has 5 rings (SSSR count). The van der Waals surface area contributed by atoms with Gasteiger partial charge in [0.25, 0.3) is 5.56 Å². The lowest BCUT2D eigenvalue weighted by Gasteiger charge is -2.30. The van der Waals surface area contributed by atoms with E-state index < -0.39 is 11.8 Å². The first kappa shape index (κ1) is 25.9. The van der Waals surface area contributed by atoms with Gasteiger partial charge in [0.2, 0.25) is 0 Å². The van der Waals surface area contributed by atoms with Crippen LogP contribution in [0.15, 0.2) is 65.6 Å². The maximum absolute atomic E-state index is 14.9. The molecule has 1 saturated heterocycles. The van der Waals surface area contributed by atoms with E-state index in [0.717, 1.165) is 6.42 Å². The zero-order chi connectivity index (χ0) is 27.7. The zero-order valence-corrected chi connectivity index (χ0v) is 21.9. The van der Waals surface area contributed by atoms with Crippen LogP contribution in [0.25, 0.3) is 22.0 Å². The highest BCUT2D eigenvalue weighted by Gasteiger charge is 2.22. The van der Waals surface area contributed by atoms with Crippen LogP contribution in [0, 0.1) is 12.7 Å². The van der Waals surface area contributed by atoms with Crippen molar-refractivity contribution in [1.82, 2.24) is 14.5 Å². The van der Waals surface area contributed by atoms with Crippen molar-refractivity contribution in [3.63, 3.8) is 0 Å². The normalized spacial score (nSPS) is 12.8. The average molecular weight is 535 g/mol. The molecular weight excluding hydrogens is 499 g/mol. The largest absolute Gasteiger partial charge is 0.324 e. The summed E-state index contributed by atoms with van der Waals surface area (Å²) in [6, 6.07) is 13.9. The molecule has 206 valence electrons. The molecule has 9 nitrogen and oxygen atoms in total. The van der Waals surface area contributed by atoms with E-state index in [1.807, 2.05) is 19.9 Å². The second-order valence-corrected chi connectivity index (χ2v) is 9.82. The summed E-state index contributed by atoms with van der Waals surface area (Å²) in [6.45, 7) is 6.91. The summed E-state index contributed by atoms with van der Waals surface area (Å²) >= 11 is 0. The number of likely N-dealkylation sites (tertiary alicyclic amines) is 1. The highest BCUT2D eigenvalue weighted by atomic mass is 19.1. The molecule has 0 atom stereocenters. The molecule has 1 aliphatic heterocycles. The third kappa shape index (κ3) is 5.31. The Morgan fingerprint density at radius 3 is 2.41 bits per heavy atom. The minimum absolute atomic E-state index is 0. The number of para-hydroxylation sites is 1. The molecule has 2 aromatic heterocycles. The van der Waals surface area contributed by atoms with E-state index in [4.69, 9.17) is 0 Å². The fourth-order valence-corrected chi connectivity index (χ4v) is 4.58. The van der Waals surface area contributed by atoms with Gasteiger partial charge >= 0.3 is 12.1 Å². The Hall–Kier alpha value is -4.73. The first-order chi connectivity index (χ1) is 18.7. The maximum atomic E-state index is 14.9. The second kappa shape index (κ2) is 10.6. The highest BCUT2D eigenvalue weighted by Crippen LogP contribution is 2.30. The topological polar surface area (TPSA) is 108 Å². The predicted molar refractivity (Wildman–Crippen MR) is 157 cm³/mol. The van der Waals surface area contributed by atoms with Crippen LogP contribution >= 0.6 is 0 Å². The van der Waals surface area contributed by atoms with Crippen LogP contribution in [0.5, 0.6) is 0 Å². The molecule has 3 heterocycles. The minimum atomic E-state index is -0.617. The van der Waals surface area contributed by atoms with E-state index >= 15 is 0 Å². The lowest BCUT2D eigenvalue weighted by Crippen LogP contribution is -2.44. The van der Waals surface area contributed by atoms with Crippen molar-refractivity contribution in [3.05, 3.63) is 82.5 Å². The van der Waals surface area contributed by atoms with E-state index in [1.54, 1.807) is 59.0 Å². The number of pyridine rings is 2. The number of fused-ring (bicyclic) bond motifs is 1. The monoisotopic (exact) mass is 534 g/mol. The van der Waals surface area contributed by atoms with Gasteiger partial charge in [-0.05, 0) is 68.7 Å². The Morgan fingerprint density at radius 1 is 1.00 bits per heavy atom. The number of aromatic nitrogens is 2. The van der Waals surface area contributed by atoms with Crippen molar-refractivity contribution >= 4 is 40.2 Å². The fourth-order valence-electron chi connectivity index (χ4n) is 4.58. The molecule has 1 aliphatic rings. The van der Waals surface area contributed by atoms with Crippen molar-refractivity contribution in [2.24, 2.45) is 0 Å². The van der Waals surface area contributed by atoms with Gasteiger partial charge in [-0.2, -0.15) is 0 Å². The standard InChI is InChI=1S/C29H29FN6O3.3H2/c1-17(2)36-25-15-26(34-29(39)35-10-7-11-35)31-16-19(25)13-22(27(36)37)21-14-24(23(30)12-18(21)3)33-28(38)32-20-8-5-4-6-9-20;;;/h4-6,8-9,12-17H,7,10-11H2,1-3H3,(H,31,34,39)(H2,32,33,38);3*1H. The van der Waals surface area contributed by atoms with Gasteiger partial charge in [0.1, 0.15) is 11.6 Å². The quantitative estimate of drug-likeness (QED) is 0.264. The van der Waals surface area contributed by atoms with Crippen molar-refractivity contribution in [2.75, 3.05) is 29.0 Å². The Balaban J connectivity index is 0.00000205. The molecule has 0 spiro atoms. The number of aryl methyl sites for hydroxylation is 1. The molecule has 10 heteroatoms. The van der Waals surface area contributed by atoms with Crippen LogP contribution in [0.1, 0.15) is 36.2 Å². The van der Waals surface area contributed by atoms with Crippen LogP contribution in [0.4, 0.5) is 31.2 Å².